The van der Waals surface area contributed by atoms with Gasteiger partial charge in [0.1, 0.15) is 0 Å². The van der Waals surface area contributed by atoms with Crippen molar-refractivity contribution in [3.05, 3.63) is 65.2 Å². The van der Waals surface area contributed by atoms with Crippen molar-refractivity contribution in [2.45, 2.75) is 25.7 Å². The second-order valence-corrected chi connectivity index (χ2v) is 7.57. The average molecular weight is 382 g/mol. The minimum Gasteiger partial charge on any atom is -0.481 e. The number of carbonyl (C=O) groups is 2. The predicted molar refractivity (Wildman–Crippen MR) is 107 cm³/mol. The van der Waals surface area contributed by atoms with Gasteiger partial charge in [0.2, 0.25) is 5.91 Å². The Labute approximate surface area is 162 Å². The van der Waals surface area contributed by atoms with E-state index in [4.69, 9.17) is 0 Å². The van der Waals surface area contributed by atoms with Crippen LogP contribution in [0.25, 0.3) is 10.2 Å². The SMILES string of the molecule is O=C(CCCc1nc2ccccc2s1)NCC(Cc1ccccc1)C(=O)O. The van der Waals surface area contributed by atoms with Gasteiger partial charge in [0.15, 0.2) is 0 Å². The lowest BCUT2D eigenvalue weighted by atomic mass is 9.99. The summed E-state index contributed by atoms with van der Waals surface area (Å²) in [6.07, 6.45) is 2.22. The smallest absolute Gasteiger partial charge is 0.308 e. The van der Waals surface area contributed by atoms with Crippen molar-refractivity contribution >= 4 is 33.4 Å². The van der Waals surface area contributed by atoms with Crippen LogP contribution >= 0.6 is 11.3 Å². The predicted octanol–water partition coefficient (Wildman–Crippen LogP) is 3.68. The van der Waals surface area contributed by atoms with Crippen LogP contribution in [-0.4, -0.2) is 28.5 Å². The fourth-order valence-electron chi connectivity index (χ4n) is 2.90. The van der Waals surface area contributed by atoms with E-state index in [-0.39, 0.29) is 12.5 Å². The fourth-order valence-corrected chi connectivity index (χ4v) is 3.91. The molecule has 2 aromatic carbocycles. The molecule has 2 N–H and O–H groups in total. The molecular weight excluding hydrogens is 360 g/mol. The first-order valence-corrected chi connectivity index (χ1v) is 9.81. The molecule has 27 heavy (non-hydrogen) atoms. The molecule has 140 valence electrons. The van der Waals surface area contributed by atoms with E-state index in [9.17, 15) is 14.7 Å². The van der Waals surface area contributed by atoms with Crippen LogP contribution < -0.4 is 5.32 Å². The Balaban J connectivity index is 1.43. The molecule has 1 unspecified atom stereocenters. The minimum absolute atomic E-state index is 0.115. The number of carboxylic acid groups (broad SMARTS) is 1. The van der Waals surface area contributed by atoms with Gasteiger partial charge in [-0.1, -0.05) is 42.5 Å². The summed E-state index contributed by atoms with van der Waals surface area (Å²) in [6, 6.07) is 17.4. The Morgan fingerprint density at radius 2 is 1.81 bits per heavy atom. The lowest BCUT2D eigenvalue weighted by Crippen LogP contribution is -2.34. The van der Waals surface area contributed by atoms with E-state index < -0.39 is 11.9 Å². The number of nitrogens with zero attached hydrogens (tertiary/aromatic N) is 1. The molecule has 1 amide bonds. The van der Waals surface area contributed by atoms with Crippen LogP contribution in [0.4, 0.5) is 0 Å². The fraction of sp³-hybridized carbons (Fsp3) is 0.286. The normalized spacial score (nSPS) is 12.0. The number of carbonyl (C=O) groups excluding carboxylic acids is 1. The summed E-state index contributed by atoms with van der Waals surface area (Å²) in [5.41, 5.74) is 1.95. The van der Waals surface area contributed by atoms with E-state index in [1.54, 1.807) is 11.3 Å². The van der Waals surface area contributed by atoms with Crippen molar-refractivity contribution in [1.82, 2.24) is 10.3 Å². The van der Waals surface area contributed by atoms with Crippen LogP contribution in [0.1, 0.15) is 23.4 Å². The van der Waals surface area contributed by atoms with Gasteiger partial charge >= 0.3 is 5.97 Å². The number of amides is 1. The second-order valence-electron chi connectivity index (χ2n) is 6.46. The molecule has 0 bridgehead atoms. The maximum absolute atomic E-state index is 12.1. The number of aromatic nitrogens is 1. The molecule has 3 rings (SSSR count). The van der Waals surface area contributed by atoms with Gasteiger partial charge in [-0.15, -0.1) is 11.3 Å². The molecule has 1 atom stereocenters. The Kier molecular flexibility index (Phi) is 6.54. The minimum atomic E-state index is -0.895. The number of fused-ring (bicyclic) bond motifs is 1. The first-order valence-electron chi connectivity index (χ1n) is 8.99. The molecule has 1 aromatic heterocycles. The summed E-state index contributed by atoms with van der Waals surface area (Å²) in [5.74, 6) is -1.63. The number of nitrogens with one attached hydrogen (secondary N) is 1. The highest BCUT2D eigenvalue weighted by Gasteiger charge is 2.18. The van der Waals surface area contributed by atoms with Gasteiger partial charge in [-0.05, 0) is 37.0 Å². The highest BCUT2D eigenvalue weighted by atomic mass is 32.1. The summed E-state index contributed by atoms with van der Waals surface area (Å²) in [7, 11) is 0. The first kappa shape index (κ1) is 19.0. The third-order valence-corrected chi connectivity index (χ3v) is 5.45. The standard InChI is InChI=1S/C21H22N2O3S/c24-19(11-6-12-20-23-17-9-4-5-10-18(17)27-20)22-14-16(21(25)26)13-15-7-2-1-3-8-15/h1-5,7-10,16H,6,11-14H2,(H,22,24)(H,25,26). The van der Waals surface area contributed by atoms with Gasteiger partial charge in [0, 0.05) is 13.0 Å². The van der Waals surface area contributed by atoms with E-state index in [0.29, 0.717) is 19.3 Å². The van der Waals surface area contributed by atoms with Crippen molar-refractivity contribution in [3.63, 3.8) is 0 Å². The number of hydrogen-bond donors (Lipinski definition) is 2. The third-order valence-electron chi connectivity index (χ3n) is 4.35. The maximum atomic E-state index is 12.1. The molecule has 0 aliphatic heterocycles. The molecule has 0 spiro atoms. The number of benzene rings is 2. The molecule has 0 saturated heterocycles. The van der Waals surface area contributed by atoms with Crippen LogP contribution in [0.2, 0.25) is 0 Å². The zero-order valence-corrected chi connectivity index (χ0v) is 15.7. The largest absolute Gasteiger partial charge is 0.481 e. The average Bonchev–Trinajstić information content (AvgIpc) is 3.08. The zero-order valence-electron chi connectivity index (χ0n) is 14.9. The Bertz CT molecular complexity index is 875. The maximum Gasteiger partial charge on any atom is 0.308 e. The Morgan fingerprint density at radius 3 is 2.56 bits per heavy atom. The number of carboxylic acids is 1. The van der Waals surface area contributed by atoms with Gasteiger partial charge < -0.3 is 10.4 Å². The van der Waals surface area contributed by atoms with Crippen molar-refractivity contribution in [2.24, 2.45) is 5.92 Å². The zero-order chi connectivity index (χ0) is 19.1. The monoisotopic (exact) mass is 382 g/mol. The van der Waals surface area contributed by atoms with E-state index in [1.165, 1.54) is 0 Å². The molecule has 1 heterocycles. The Morgan fingerprint density at radius 1 is 1.07 bits per heavy atom. The highest BCUT2D eigenvalue weighted by Crippen LogP contribution is 2.22. The van der Waals surface area contributed by atoms with Crippen molar-refractivity contribution in [3.8, 4) is 0 Å². The number of thiazole rings is 1. The van der Waals surface area contributed by atoms with Gasteiger partial charge in [0.25, 0.3) is 0 Å². The molecular formula is C21H22N2O3S. The van der Waals surface area contributed by atoms with Gasteiger partial charge in [-0.2, -0.15) is 0 Å². The summed E-state index contributed by atoms with van der Waals surface area (Å²) in [4.78, 5) is 28.1. The lowest BCUT2D eigenvalue weighted by molar-refractivity contribution is -0.141. The van der Waals surface area contributed by atoms with Crippen LogP contribution in [0.5, 0.6) is 0 Å². The van der Waals surface area contributed by atoms with E-state index in [2.05, 4.69) is 10.3 Å². The molecule has 0 saturated carbocycles. The van der Waals surface area contributed by atoms with Crippen molar-refractivity contribution in [2.75, 3.05) is 6.54 Å². The molecule has 0 aliphatic carbocycles. The summed E-state index contributed by atoms with van der Waals surface area (Å²) < 4.78 is 1.15. The lowest BCUT2D eigenvalue weighted by Gasteiger charge is -2.13. The topological polar surface area (TPSA) is 79.3 Å². The number of rotatable bonds is 9. The Hall–Kier alpha value is -2.73. The van der Waals surface area contributed by atoms with Gasteiger partial charge in [0.05, 0.1) is 21.1 Å². The number of para-hydroxylation sites is 1. The number of aliphatic carboxylic acids is 1. The van der Waals surface area contributed by atoms with Crippen LogP contribution in [0.15, 0.2) is 54.6 Å². The van der Waals surface area contributed by atoms with Crippen molar-refractivity contribution < 1.29 is 14.7 Å². The number of aryl methyl sites for hydroxylation is 1. The number of hydrogen-bond acceptors (Lipinski definition) is 4. The van der Waals surface area contributed by atoms with E-state index >= 15 is 0 Å². The molecule has 0 radical (unpaired) electrons. The third kappa shape index (κ3) is 5.62. The summed E-state index contributed by atoms with van der Waals surface area (Å²) >= 11 is 1.65. The molecule has 3 aromatic rings. The van der Waals surface area contributed by atoms with Crippen LogP contribution in [0.3, 0.4) is 0 Å². The highest BCUT2D eigenvalue weighted by molar-refractivity contribution is 7.18. The molecule has 5 nitrogen and oxygen atoms in total. The summed E-state index contributed by atoms with van der Waals surface area (Å²) in [6.45, 7) is 0.143. The second kappa shape index (κ2) is 9.28. The van der Waals surface area contributed by atoms with Crippen molar-refractivity contribution in [1.29, 1.82) is 0 Å². The molecule has 0 fully saturated rings. The quantitative estimate of drug-likeness (QED) is 0.592. The summed E-state index contributed by atoms with van der Waals surface area (Å²) in [5, 5.41) is 13.2. The van der Waals surface area contributed by atoms with Gasteiger partial charge in [-0.25, -0.2) is 4.98 Å². The molecule has 6 heteroatoms. The van der Waals surface area contributed by atoms with Crippen LogP contribution in [0, 0.1) is 5.92 Å². The van der Waals surface area contributed by atoms with Gasteiger partial charge in [-0.3, -0.25) is 9.59 Å². The first-order chi connectivity index (χ1) is 13.1. The molecule has 0 aliphatic rings. The van der Waals surface area contributed by atoms with Crippen LogP contribution in [-0.2, 0) is 22.4 Å². The van der Waals surface area contributed by atoms with E-state index in [0.717, 1.165) is 27.2 Å². The van der Waals surface area contributed by atoms with E-state index in [1.807, 2.05) is 54.6 Å².